The molecule has 0 aliphatic carbocycles. The molecular weight excluding hydrogens is 270 g/mol. The van der Waals surface area contributed by atoms with E-state index in [-0.39, 0.29) is 0 Å². The Bertz CT molecular complexity index is 578. The van der Waals surface area contributed by atoms with Crippen molar-refractivity contribution in [1.82, 2.24) is 9.38 Å². The molecule has 0 saturated carbocycles. The highest BCUT2D eigenvalue weighted by molar-refractivity contribution is 6.17. The van der Waals surface area contributed by atoms with Crippen molar-refractivity contribution in [3.05, 3.63) is 30.1 Å². The highest BCUT2D eigenvalue weighted by Crippen LogP contribution is 2.29. The third-order valence-corrected chi connectivity index (χ3v) is 4.61. The molecule has 1 fully saturated rings. The number of hydrogen-bond donors (Lipinski definition) is 0. The number of nitrogens with zero attached hydrogens (tertiary/aromatic N) is 3. The molecule has 2 aromatic rings. The molecule has 1 atom stereocenters. The second-order valence-electron chi connectivity index (χ2n) is 5.55. The Morgan fingerprint density at radius 1 is 1.30 bits per heavy atom. The number of fused-ring (bicyclic) bond motifs is 1. The molecule has 1 unspecified atom stereocenters. The van der Waals surface area contributed by atoms with Gasteiger partial charge in [0.05, 0.1) is 11.6 Å². The third kappa shape index (κ3) is 2.39. The first-order valence-corrected chi connectivity index (χ1v) is 8.17. The molecule has 3 nitrogen and oxygen atoms in total. The van der Waals surface area contributed by atoms with Crippen molar-refractivity contribution in [2.45, 2.75) is 50.9 Å². The molecule has 20 heavy (non-hydrogen) atoms. The fraction of sp³-hybridized carbons (Fsp3) is 0.562. The summed E-state index contributed by atoms with van der Waals surface area (Å²) in [4.78, 5) is 7.35. The average molecular weight is 292 g/mol. The minimum Gasteiger partial charge on any atom is -0.352 e. The maximum absolute atomic E-state index is 6.22. The van der Waals surface area contributed by atoms with Gasteiger partial charge < -0.3 is 9.30 Å². The first kappa shape index (κ1) is 13.7. The van der Waals surface area contributed by atoms with E-state index < -0.39 is 0 Å². The Kier molecular flexibility index (Phi) is 4.16. The van der Waals surface area contributed by atoms with Gasteiger partial charge in [0.2, 0.25) is 0 Å². The van der Waals surface area contributed by atoms with Crippen molar-refractivity contribution in [2.24, 2.45) is 0 Å². The Hall–Kier alpha value is -1.22. The first-order chi connectivity index (χ1) is 9.85. The molecule has 1 aliphatic rings. The van der Waals surface area contributed by atoms with Crippen LogP contribution in [0.3, 0.4) is 0 Å². The van der Waals surface area contributed by atoms with Crippen LogP contribution in [0, 0.1) is 0 Å². The van der Waals surface area contributed by atoms with E-state index in [1.807, 2.05) is 12.1 Å². The molecule has 0 N–H and O–H groups in total. The summed E-state index contributed by atoms with van der Waals surface area (Å²) in [6, 6.07) is 6.72. The third-order valence-electron chi connectivity index (χ3n) is 4.35. The van der Waals surface area contributed by atoms with Crippen molar-refractivity contribution in [2.75, 3.05) is 11.4 Å². The van der Waals surface area contributed by atoms with Crippen molar-refractivity contribution in [3.8, 4) is 0 Å². The zero-order valence-electron chi connectivity index (χ0n) is 12.1. The van der Waals surface area contributed by atoms with Gasteiger partial charge in [-0.3, -0.25) is 0 Å². The fourth-order valence-electron chi connectivity index (χ4n) is 3.27. The maximum atomic E-state index is 6.22. The quantitative estimate of drug-likeness (QED) is 0.789. The summed E-state index contributed by atoms with van der Waals surface area (Å²) in [6.07, 6.45) is 8.42. The largest absolute Gasteiger partial charge is 0.352 e. The van der Waals surface area contributed by atoms with E-state index in [1.54, 1.807) is 0 Å². The number of alkyl halides is 1. The van der Waals surface area contributed by atoms with Gasteiger partial charge in [-0.05, 0) is 31.4 Å². The number of rotatable bonds is 3. The number of anilines is 1. The Morgan fingerprint density at radius 2 is 2.20 bits per heavy atom. The van der Waals surface area contributed by atoms with Crippen LogP contribution < -0.4 is 4.90 Å². The second-order valence-corrected chi connectivity index (χ2v) is 5.82. The summed E-state index contributed by atoms with van der Waals surface area (Å²) in [7, 11) is 0. The molecule has 0 aromatic carbocycles. The molecule has 0 radical (unpaired) electrons. The van der Waals surface area contributed by atoms with E-state index in [9.17, 15) is 0 Å². The number of aromatic nitrogens is 2. The van der Waals surface area contributed by atoms with Crippen LogP contribution in [0.5, 0.6) is 0 Å². The van der Waals surface area contributed by atoms with Crippen molar-refractivity contribution >= 4 is 23.1 Å². The molecule has 3 rings (SSSR count). The first-order valence-electron chi connectivity index (χ1n) is 7.63. The fourth-order valence-corrected chi connectivity index (χ4v) is 3.52. The van der Waals surface area contributed by atoms with Crippen molar-refractivity contribution in [3.63, 3.8) is 0 Å². The standard InChI is InChI=1S/C16H22ClN3/c1-2-13-8-4-3-6-10-19(13)16-14(12-17)20-11-7-5-9-15(20)18-16/h5,7,9,11,13H,2-4,6,8,10,12H2,1H3. The Labute approximate surface area is 125 Å². The van der Waals surface area contributed by atoms with E-state index in [1.165, 1.54) is 32.1 Å². The molecule has 0 amide bonds. The summed E-state index contributed by atoms with van der Waals surface area (Å²) in [5.74, 6) is 1.60. The van der Waals surface area contributed by atoms with Crippen molar-refractivity contribution in [1.29, 1.82) is 0 Å². The summed E-state index contributed by atoms with van der Waals surface area (Å²) < 4.78 is 2.12. The van der Waals surface area contributed by atoms with Gasteiger partial charge in [0, 0.05) is 18.8 Å². The monoisotopic (exact) mass is 291 g/mol. The number of halogens is 1. The predicted octanol–water partition coefficient (Wildman–Crippen LogP) is 4.23. The van der Waals surface area contributed by atoms with Gasteiger partial charge >= 0.3 is 0 Å². The molecule has 4 heteroatoms. The SMILES string of the molecule is CCC1CCCCCN1c1nc2ccccn2c1CCl. The van der Waals surface area contributed by atoms with Crippen LogP contribution in [0.4, 0.5) is 5.82 Å². The molecular formula is C16H22ClN3. The van der Waals surface area contributed by atoms with Gasteiger partial charge in [-0.15, -0.1) is 11.6 Å². The molecule has 0 spiro atoms. The smallest absolute Gasteiger partial charge is 0.152 e. The van der Waals surface area contributed by atoms with Gasteiger partial charge in [0.1, 0.15) is 5.65 Å². The highest BCUT2D eigenvalue weighted by Gasteiger charge is 2.24. The number of imidazole rings is 1. The van der Waals surface area contributed by atoms with Gasteiger partial charge in [0.25, 0.3) is 0 Å². The normalized spacial score (nSPS) is 20.3. The highest BCUT2D eigenvalue weighted by atomic mass is 35.5. The van der Waals surface area contributed by atoms with Crippen LogP contribution in [0.15, 0.2) is 24.4 Å². The van der Waals surface area contributed by atoms with Gasteiger partial charge in [0.15, 0.2) is 5.82 Å². The average Bonchev–Trinajstić information content (AvgIpc) is 2.69. The van der Waals surface area contributed by atoms with Crippen molar-refractivity contribution < 1.29 is 0 Å². The Morgan fingerprint density at radius 3 is 3.00 bits per heavy atom. The lowest BCUT2D eigenvalue weighted by molar-refractivity contribution is 0.552. The van der Waals surface area contributed by atoms with Crippen LogP contribution in [0.2, 0.25) is 0 Å². The molecule has 2 aromatic heterocycles. The molecule has 1 saturated heterocycles. The van der Waals surface area contributed by atoms with E-state index in [4.69, 9.17) is 16.6 Å². The number of pyridine rings is 1. The lowest BCUT2D eigenvalue weighted by Gasteiger charge is -2.30. The summed E-state index contributed by atoms with van der Waals surface area (Å²) in [6.45, 7) is 3.38. The van der Waals surface area contributed by atoms with Gasteiger partial charge in [-0.1, -0.05) is 25.8 Å². The molecule has 1 aliphatic heterocycles. The zero-order chi connectivity index (χ0) is 13.9. The zero-order valence-corrected chi connectivity index (χ0v) is 12.8. The van der Waals surface area contributed by atoms with Crippen LogP contribution >= 0.6 is 11.6 Å². The van der Waals surface area contributed by atoms with Gasteiger partial charge in [-0.2, -0.15) is 0 Å². The second kappa shape index (κ2) is 6.04. The van der Waals surface area contributed by atoms with E-state index in [0.717, 1.165) is 23.7 Å². The summed E-state index contributed by atoms with van der Waals surface area (Å²) in [5, 5.41) is 0. The topological polar surface area (TPSA) is 20.5 Å². The summed E-state index contributed by atoms with van der Waals surface area (Å²) in [5.41, 5.74) is 2.12. The molecule has 3 heterocycles. The predicted molar refractivity (Wildman–Crippen MR) is 84.6 cm³/mol. The van der Waals surface area contributed by atoms with E-state index in [0.29, 0.717) is 11.9 Å². The molecule has 108 valence electrons. The minimum absolute atomic E-state index is 0.507. The molecule has 0 bridgehead atoms. The lowest BCUT2D eigenvalue weighted by Crippen LogP contribution is -2.35. The van der Waals surface area contributed by atoms with Crippen LogP contribution in [0.1, 0.15) is 44.7 Å². The van der Waals surface area contributed by atoms with Gasteiger partial charge in [-0.25, -0.2) is 4.98 Å². The lowest BCUT2D eigenvalue weighted by atomic mass is 10.1. The Balaban J connectivity index is 2.06. The van der Waals surface area contributed by atoms with Crippen LogP contribution in [-0.2, 0) is 5.88 Å². The minimum atomic E-state index is 0.507. The number of hydrogen-bond acceptors (Lipinski definition) is 2. The maximum Gasteiger partial charge on any atom is 0.152 e. The van der Waals surface area contributed by atoms with Crippen LogP contribution in [-0.4, -0.2) is 22.0 Å². The summed E-state index contributed by atoms with van der Waals surface area (Å²) >= 11 is 6.22. The van der Waals surface area contributed by atoms with E-state index >= 15 is 0 Å². The van der Waals surface area contributed by atoms with E-state index in [2.05, 4.69) is 28.5 Å². The van der Waals surface area contributed by atoms with Crippen LogP contribution in [0.25, 0.3) is 5.65 Å².